The van der Waals surface area contributed by atoms with E-state index in [0.29, 0.717) is 5.92 Å². The average molecular weight is 257 g/mol. The summed E-state index contributed by atoms with van der Waals surface area (Å²) in [5.74, 6) is 0.505. The zero-order valence-electron chi connectivity index (χ0n) is 12.1. The van der Waals surface area contributed by atoms with Gasteiger partial charge in [-0.2, -0.15) is 5.26 Å². The number of aryl methyl sites for hydroxylation is 1. The predicted octanol–water partition coefficient (Wildman–Crippen LogP) is 2.71. The zero-order chi connectivity index (χ0) is 13.9. The number of benzene rings is 1. The fourth-order valence-corrected chi connectivity index (χ4v) is 2.65. The first-order valence-corrected chi connectivity index (χ1v) is 7.05. The minimum atomic E-state index is -0.394. The molecule has 1 N–H and O–H groups in total. The van der Waals surface area contributed by atoms with Crippen LogP contribution in [-0.4, -0.2) is 25.7 Å². The maximum atomic E-state index is 9.62. The normalized spacial score (nSPS) is 17.6. The van der Waals surface area contributed by atoms with Gasteiger partial charge in [-0.15, -0.1) is 0 Å². The molecule has 1 fully saturated rings. The van der Waals surface area contributed by atoms with E-state index in [1.54, 1.807) is 0 Å². The van der Waals surface area contributed by atoms with Gasteiger partial charge in [-0.25, -0.2) is 0 Å². The summed E-state index contributed by atoms with van der Waals surface area (Å²) >= 11 is 0. The smallest absolute Gasteiger partial charge is 0.127 e. The van der Waals surface area contributed by atoms with Crippen molar-refractivity contribution in [2.24, 2.45) is 5.92 Å². The van der Waals surface area contributed by atoms with Gasteiger partial charge >= 0.3 is 0 Å². The molecule has 0 saturated heterocycles. The SMILES string of the molecule is CCNC(C#N)(CN(C)c1ccc(C)cc1)C1CC1. The van der Waals surface area contributed by atoms with Crippen LogP contribution in [0.5, 0.6) is 0 Å². The van der Waals surface area contributed by atoms with Gasteiger partial charge in [0, 0.05) is 19.3 Å². The minimum absolute atomic E-state index is 0.394. The largest absolute Gasteiger partial charge is 0.372 e. The summed E-state index contributed by atoms with van der Waals surface area (Å²) in [6.45, 7) is 5.74. The number of anilines is 1. The first-order chi connectivity index (χ1) is 9.11. The quantitative estimate of drug-likeness (QED) is 0.851. The van der Waals surface area contributed by atoms with Crippen LogP contribution < -0.4 is 10.2 Å². The molecule has 0 heterocycles. The van der Waals surface area contributed by atoms with Gasteiger partial charge in [0.15, 0.2) is 0 Å². The Morgan fingerprint density at radius 2 is 2.00 bits per heavy atom. The number of rotatable bonds is 6. The van der Waals surface area contributed by atoms with Gasteiger partial charge in [-0.05, 0) is 44.4 Å². The van der Waals surface area contributed by atoms with Gasteiger partial charge in [0.25, 0.3) is 0 Å². The lowest BCUT2D eigenvalue weighted by atomic mass is 9.94. The molecule has 3 nitrogen and oxygen atoms in total. The van der Waals surface area contributed by atoms with Crippen molar-refractivity contribution in [3.63, 3.8) is 0 Å². The lowest BCUT2D eigenvalue weighted by molar-refractivity contribution is 0.377. The Morgan fingerprint density at radius 1 is 1.37 bits per heavy atom. The Labute approximate surface area is 116 Å². The first kappa shape index (κ1) is 13.9. The Balaban J connectivity index is 2.12. The molecule has 0 amide bonds. The number of nitrogens with one attached hydrogen (secondary N) is 1. The van der Waals surface area contributed by atoms with Crippen molar-refractivity contribution in [2.75, 3.05) is 25.0 Å². The third-order valence-corrected chi connectivity index (χ3v) is 3.93. The number of nitriles is 1. The van der Waals surface area contributed by atoms with Gasteiger partial charge in [-0.1, -0.05) is 24.6 Å². The van der Waals surface area contributed by atoms with Crippen molar-refractivity contribution in [1.29, 1.82) is 5.26 Å². The van der Waals surface area contributed by atoms with Crippen molar-refractivity contribution in [2.45, 2.75) is 32.2 Å². The van der Waals surface area contributed by atoms with E-state index in [1.165, 1.54) is 24.1 Å². The molecule has 0 radical (unpaired) electrons. The highest BCUT2D eigenvalue weighted by Gasteiger charge is 2.45. The van der Waals surface area contributed by atoms with E-state index in [2.05, 4.69) is 61.4 Å². The highest BCUT2D eigenvalue weighted by atomic mass is 15.2. The van der Waals surface area contributed by atoms with Crippen LogP contribution in [0.2, 0.25) is 0 Å². The molecule has 1 aliphatic rings. The molecule has 19 heavy (non-hydrogen) atoms. The second-order valence-electron chi connectivity index (χ2n) is 5.58. The lowest BCUT2D eigenvalue weighted by Crippen LogP contribution is -2.53. The number of likely N-dealkylation sites (N-methyl/N-ethyl adjacent to an activating group) is 2. The van der Waals surface area contributed by atoms with E-state index in [4.69, 9.17) is 0 Å². The summed E-state index contributed by atoms with van der Waals surface area (Å²) < 4.78 is 0. The molecule has 1 aliphatic carbocycles. The van der Waals surface area contributed by atoms with Crippen LogP contribution in [0.25, 0.3) is 0 Å². The molecular formula is C16H23N3. The predicted molar refractivity (Wildman–Crippen MR) is 79.2 cm³/mol. The van der Waals surface area contributed by atoms with E-state index >= 15 is 0 Å². The Hall–Kier alpha value is -1.53. The topological polar surface area (TPSA) is 39.1 Å². The molecule has 2 rings (SSSR count). The summed E-state index contributed by atoms with van der Waals surface area (Å²) in [5.41, 5.74) is 2.04. The standard InChI is InChI=1S/C16H23N3/c1-4-18-16(11-17,14-7-8-14)12-19(3)15-9-5-13(2)6-10-15/h5-6,9-10,14,18H,4,7-8,12H2,1-3H3. The van der Waals surface area contributed by atoms with Crippen molar-refractivity contribution in [3.8, 4) is 6.07 Å². The highest BCUT2D eigenvalue weighted by Crippen LogP contribution is 2.40. The number of hydrogen-bond acceptors (Lipinski definition) is 3. The zero-order valence-corrected chi connectivity index (χ0v) is 12.1. The van der Waals surface area contributed by atoms with Crippen LogP contribution in [0.1, 0.15) is 25.3 Å². The van der Waals surface area contributed by atoms with Gasteiger partial charge < -0.3 is 4.90 Å². The summed E-state index contributed by atoms with van der Waals surface area (Å²) in [7, 11) is 2.07. The molecular weight excluding hydrogens is 234 g/mol. The molecule has 1 aromatic rings. The summed E-state index contributed by atoms with van der Waals surface area (Å²) in [6.07, 6.45) is 2.34. The maximum Gasteiger partial charge on any atom is 0.127 e. The second kappa shape index (κ2) is 5.63. The number of nitrogens with zero attached hydrogens (tertiary/aromatic N) is 2. The van der Waals surface area contributed by atoms with Crippen molar-refractivity contribution in [3.05, 3.63) is 29.8 Å². The average Bonchev–Trinajstić information content (AvgIpc) is 3.23. The monoisotopic (exact) mass is 257 g/mol. The summed E-state index contributed by atoms with van der Waals surface area (Å²) in [4.78, 5) is 2.18. The van der Waals surface area contributed by atoms with Crippen LogP contribution in [0, 0.1) is 24.2 Å². The molecule has 1 saturated carbocycles. The summed E-state index contributed by atoms with van der Waals surface area (Å²) in [5, 5.41) is 13.0. The van der Waals surface area contributed by atoms with E-state index in [-0.39, 0.29) is 0 Å². The van der Waals surface area contributed by atoms with Crippen LogP contribution >= 0.6 is 0 Å². The molecule has 1 unspecified atom stereocenters. The van der Waals surface area contributed by atoms with Gasteiger partial charge in [0.05, 0.1) is 6.07 Å². The van der Waals surface area contributed by atoms with Crippen LogP contribution in [0.3, 0.4) is 0 Å². The third-order valence-electron chi connectivity index (χ3n) is 3.93. The molecule has 0 spiro atoms. The minimum Gasteiger partial charge on any atom is -0.372 e. The van der Waals surface area contributed by atoms with Crippen molar-refractivity contribution < 1.29 is 0 Å². The van der Waals surface area contributed by atoms with E-state index < -0.39 is 5.54 Å². The molecule has 102 valence electrons. The molecule has 3 heteroatoms. The molecule has 0 aromatic heterocycles. The first-order valence-electron chi connectivity index (χ1n) is 7.05. The van der Waals surface area contributed by atoms with Crippen LogP contribution in [-0.2, 0) is 0 Å². The molecule has 1 aromatic carbocycles. The molecule has 0 bridgehead atoms. The van der Waals surface area contributed by atoms with Crippen molar-refractivity contribution >= 4 is 5.69 Å². The second-order valence-corrected chi connectivity index (χ2v) is 5.58. The molecule has 0 aliphatic heterocycles. The maximum absolute atomic E-state index is 9.62. The van der Waals surface area contributed by atoms with Crippen molar-refractivity contribution in [1.82, 2.24) is 5.32 Å². The van der Waals surface area contributed by atoms with E-state index in [1.807, 2.05) is 0 Å². The Bertz CT molecular complexity index is 456. The fraction of sp³-hybridized carbons (Fsp3) is 0.562. The van der Waals surface area contributed by atoms with E-state index in [9.17, 15) is 5.26 Å². The van der Waals surface area contributed by atoms with E-state index in [0.717, 1.165) is 13.1 Å². The van der Waals surface area contributed by atoms with Crippen LogP contribution in [0.4, 0.5) is 5.69 Å². The lowest BCUT2D eigenvalue weighted by Gasteiger charge is -2.33. The van der Waals surface area contributed by atoms with Gasteiger partial charge in [0.2, 0.25) is 0 Å². The molecule has 1 atom stereocenters. The van der Waals surface area contributed by atoms with Crippen LogP contribution in [0.15, 0.2) is 24.3 Å². The van der Waals surface area contributed by atoms with Gasteiger partial charge in [0.1, 0.15) is 5.54 Å². The summed E-state index contributed by atoms with van der Waals surface area (Å²) in [6, 6.07) is 11.0. The Kier molecular flexibility index (Phi) is 4.11. The Morgan fingerprint density at radius 3 is 2.47 bits per heavy atom. The fourth-order valence-electron chi connectivity index (χ4n) is 2.65. The third kappa shape index (κ3) is 3.08. The van der Waals surface area contributed by atoms with Gasteiger partial charge in [-0.3, -0.25) is 5.32 Å². The number of hydrogen-bond donors (Lipinski definition) is 1. The highest BCUT2D eigenvalue weighted by molar-refractivity contribution is 5.48.